The number of hydrogen-bond acceptors (Lipinski definition) is 6. The maximum Gasteiger partial charge on any atom is 0.472 e. The van der Waals surface area contributed by atoms with Crippen LogP contribution in [0.2, 0.25) is 0 Å². The summed E-state index contributed by atoms with van der Waals surface area (Å²) in [6.45, 7) is 5.38. The van der Waals surface area contributed by atoms with Crippen molar-refractivity contribution in [2.75, 3.05) is 54.1 Å². The number of unbranched alkanes of at least 4 members (excludes halogenated alkanes) is 13. The first kappa shape index (κ1) is 50.2. The number of phosphoric acid groups is 1. The van der Waals surface area contributed by atoms with E-state index in [1.165, 1.54) is 57.8 Å². The predicted octanol–water partition coefficient (Wildman–Crippen LogP) is 11.8. The Balaban J connectivity index is 4.36. The predicted molar refractivity (Wildman–Crippen MR) is 219 cm³/mol. The van der Waals surface area contributed by atoms with Crippen molar-refractivity contribution >= 4 is 13.8 Å². The molecule has 9 heteroatoms. The second kappa shape index (κ2) is 36.2. The summed E-state index contributed by atoms with van der Waals surface area (Å²) in [6.07, 6.45) is 44.0. The molecule has 0 bridgehead atoms. The molecule has 0 fully saturated rings. The molecule has 0 spiro atoms. The van der Waals surface area contributed by atoms with E-state index >= 15 is 0 Å². The van der Waals surface area contributed by atoms with Crippen molar-refractivity contribution in [3.63, 3.8) is 0 Å². The molecule has 0 aliphatic rings. The van der Waals surface area contributed by atoms with Crippen LogP contribution in [0.1, 0.15) is 149 Å². The average Bonchev–Trinajstić information content (AvgIpc) is 3.09. The Morgan fingerprint density at radius 2 is 1.12 bits per heavy atom. The van der Waals surface area contributed by atoms with Gasteiger partial charge < -0.3 is 18.9 Å². The van der Waals surface area contributed by atoms with E-state index in [1.807, 2.05) is 21.1 Å². The minimum Gasteiger partial charge on any atom is -0.457 e. The van der Waals surface area contributed by atoms with Gasteiger partial charge in [-0.15, -0.1) is 0 Å². The second-order valence-electron chi connectivity index (χ2n) is 14.6. The molecule has 8 nitrogen and oxygen atoms in total. The zero-order valence-electron chi connectivity index (χ0n) is 34.0. The molecule has 2 unspecified atom stereocenters. The number of hydrogen-bond donors (Lipinski definition) is 1. The molecule has 0 saturated carbocycles. The van der Waals surface area contributed by atoms with Crippen LogP contribution in [0.3, 0.4) is 0 Å². The van der Waals surface area contributed by atoms with E-state index in [0.717, 1.165) is 70.6 Å². The van der Waals surface area contributed by atoms with Crippen LogP contribution in [0.15, 0.2) is 60.8 Å². The van der Waals surface area contributed by atoms with E-state index in [4.69, 9.17) is 18.5 Å². The number of nitrogens with zero attached hydrogens (tertiary/aromatic N) is 1. The summed E-state index contributed by atoms with van der Waals surface area (Å²) in [5.74, 6) is -0.332. The number of carbonyl (C=O) groups is 1. The molecule has 0 radical (unpaired) electrons. The highest BCUT2D eigenvalue weighted by Crippen LogP contribution is 2.43. The number of allylic oxidation sites excluding steroid dienone is 10. The molecule has 0 aromatic heterocycles. The monoisotopic (exact) mass is 753 g/mol. The first-order valence-corrected chi connectivity index (χ1v) is 22.0. The number of phosphoric ester groups is 1. The van der Waals surface area contributed by atoms with E-state index in [0.29, 0.717) is 24.1 Å². The highest BCUT2D eigenvalue weighted by Gasteiger charge is 2.26. The van der Waals surface area contributed by atoms with Crippen molar-refractivity contribution in [1.29, 1.82) is 0 Å². The summed E-state index contributed by atoms with van der Waals surface area (Å²) in [4.78, 5) is 22.8. The van der Waals surface area contributed by atoms with Crippen LogP contribution in [0.5, 0.6) is 0 Å². The van der Waals surface area contributed by atoms with Crippen molar-refractivity contribution in [3.8, 4) is 0 Å². The molecule has 0 aromatic carbocycles. The van der Waals surface area contributed by atoms with Crippen LogP contribution in [0.4, 0.5) is 0 Å². The van der Waals surface area contributed by atoms with Crippen LogP contribution >= 0.6 is 7.82 Å². The van der Waals surface area contributed by atoms with Crippen LogP contribution in [-0.4, -0.2) is 75.6 Å². The largest absolute Gasteiger partial charge is 0.472 e. The maximum atomic E-state index is 12.6. The van der Waals surface area contributed by atoms with E-state index in [1.54, 1.807) is 0 Å². The Morgan fingerprint density at radius 3 is 1.63 bits per heavy atom. The zero-order chi connectivity index (χ0) is 38.4. The molecule has 0 saturated heterocycles. The molecule has 0 aromatic rings. The van der Waals surface area contributed by atoms with Crippen molar-refractivity contribution in [3.05, 3.63) is 60.8 Å². The average molecular weight is 753 g/mol. The summed E-state index contributed by atoms with van der Waals surface area (Å²) >= 11 is 0. The summed E-state index contributed by atoms with van der Waals surface area (Å²) in [6, 6.07) is 0. The van der Waals surface area contributed by atoms with Crippen molar-refractivity contribution in [2.24, 2.45) is 0 Å². The Morgan fingerprint density at radius 1 is 0.615 bits per heavy atom. The van der Waals surface area contributed by atoms with Gasteiger partial charge >= 0.3 is 13.8 Å². The third-order valence-electron chi connectivity index (χ3n) is 8.34. The first-order chi connectivity index (χ1) is 25.1. The van der Waals surface area contributed by atoms with Crippen LogP contribution < -0.4 is 0 Å². The molecule has 0 rings (SSSR count). The second-order valence-corrected chi connectivity index (χ2v) is 16.1. The summed E-state index contributed by atoms with van der Waals surface area (Å²) in [5.41, 5.74) is 0. The highest BCUT2D eigenvalue weighted by atomic mass is 31.2. The van der Waals surface area contributed by atoms with Crippen LogP contribution in [0.25, 0.3) is 0 Å². The number of ether oxygens (including phenoxy) is 2. The fourth-order valence-electron chi connectivity index (χ4n) is 5.17. The molecule has 52 heavy (non-hydrogen) atoms. The lowest BCUT2D eigenvalue weighted by Gasteiger charge is -2.24. The topological polar surface area (TPSA) is 91.3 Å². The molecule has 0 aliphatic carbocycles. The van der Waals surface area contributed by atoms with Crippen LogP contribution in [0, 0.1) is 0 Å². The molecular weight excluding hydrogens is 673 g/mol. The molecular formula is C43H79NO7P+. The van der Waals surface area contributed by atoms with Gasteiger partial charge in [0.25, 0.3) is 0 Å². The van der Waals surface area contributed by atoms with Gasteiger partial charge in [0.1, 0.15) is 19.3 Å². The lowest BCUT2D eigenvalue weighted by atomic mass is 10.0. The summed E-state index contributed by atoms with van der Waals surface area (Å²) in [5, 5.41) is 0. The van der Waals surface area contributed by atoms with Crippen molar-refractivity contribution in [2.45, 2.75) is 155 Å². The minimum atomic E-state index is -4.28. The van der Waals surface area contributed by atoms with Gasteiger partial charge in [0.2, 0.25) is 0 Å². The van der Waals surface area contributed by atoms with E-state index in [2.05, 4.69) is 74.6 Å². The normalized spacial score (nSPS) is 14.5. The molecule has 302 valence electrons. The minimum absolute atomic E-state index is 0.0785. The number of likely N-dealkylation sites (N-methyl/N-ethyl adjacent to an activating group) is 1. The highest BCUT2D eigenvalue weighted by molar-refractivity contribution is 7.47. The summed E-state index contributed by atoms with van der Waals surface area (Å²) in [7, 11) is 1.63. The Hall–Kier alpha value is -1.80. The quantitative estimate of drug-likeness (QED) is 0.0222. The smallest absolute Gasteiger partial charge is 0.457 e. The van der Waals surface area contributed by atoms with Gasteiger partial charge in [-0.2, -0.15) is 0 Å². The van der Waals surface area contributed by atoms with E-state index in [-0.39, 0.29) is 25.8 Å². The van der Waals surface area contributed by atoms with Gasteiger partial charge in [0.05, 0.1) is 34.4 Å². The van der Waals surface area contributed by atoms with Gasteiger partial charge in [-0.1, -0.05) is 145 Å². The van der Waals surface area contributed by atoms with Gasteiger partial charge in [-0.25, -0.2) is 4.57 Å². The zero-order valence-corrected chi connectivity index (χ0v) is 34.9. The fourth-order valence-corrected chi connectivity index (χ4v) is 5.91. The van der Waals surface area contributed by atoms with Crippen molar-refractivity contribution < 1.29 is 37.3 Å². The fraction of sp³-hybridized carbons (Fsp3) is 0.744. The van der Waals surface area contributed by atoms with Gasteiger partial charge in [-0.3, -0.25) is 13.8 Å². The van der Waals surface area contributed by atoms with E-state index < -0.39 is 13.9 Å². The van der Waals surface area contributed by atoms with Gasteiger partial charge in [0, 0.05) is 13.0 Å². The Labute approximate surface area is 320 Å². The lowest BCUT2D eigenvalue weighted by molar-refractivity contribution is -0.870. The van der Waals surface area contributed by atoms with Gasteiger partial charge in [-0.05, 0) is 57.8 Å². The molecule has 0 heterocycles. The number of carbonyl (C=O) groups excluding carboxylic acids is 1. The standard InChI is InChI=1S/C43H78NO7P/c1-6-8-10-12-14-16-18-20-21-22-23-24-25-27-29-31-33-35-38-48-40-42(41-50-52(46,47)49-39-37-44(3,4)5)51-43(45)36-34-32-30-28-26-19-17-15-13-11-9-7-2/h8,10,14,16,20-21,23-24,27,29,42H,6-7,9,11-13,15,17-19,22,25-26,28,30-41H2,1-5H3/p+1/b10-8-,16-14-,21-20-,24-23-,29-27-. The number of esters is 1. The van der Waals surface area contributed by atoms with E-state index in [9.17, 15) is 14.3 Å². The lowest BCUT2D eigenvalue weighted by Crippen LogP contribution is -2.37. The number of rotatable bonds is 37. The Kier molecular flexibility index (Phi) is 34.9. The maximum absolute atomic E-state index is 12.6. The third kappa shape index (κ3) is 39.4. The molecule has 0 amide bonds. The molecule has 0 aliphatic heterocycles. The first-order valence-electron chi connectivity index (χ1n) is 20.5. The SMILES string of the molecule is CC/C=C\C/C=C\C/C=C\C/C=C\C/C=C\CCCCOCC(COP(=O)(O)OCC[N+](C)(C)C)OC(=O)CCCCCCCCCCCCCC. The number of quaternary nitrogens is 1. The Bertz CT molecular complexity index is 1020. The summed E-state index contributed by atoms with van der Waals surface area (Å²) < 4.78 is 34.8. The molecule has 1 N–H and O–H groups in total. The van der Waals surface area contributed by atoms with Gasteiger partial charge in [0.15, 0.2) is 0 Å². The van der Waals surface area contributed by atoms with Crippen molar-refractivity contribution in [1.82, 2.24) is 0 Å². The van der Waals surface area contributed by atoms with Crippen LogP contribution in [-0.2, 0) is 27.9 Å². The third-order valence-corrected chi connectivity index (χ3v) is 9.33. The molecule has 2 atom stereocenters.